The molecule has 0 spiro atoms. The van der Waals surface area contributed by atoms with Crippen LogP contribution in [0.15, 0.2) is 78.9 Å². The van der Waals surface area contributed by atoms with Crippen LogP contribution < -0.4 is 15.1 Å². The van der Waals surface area contributed by atoms with E-state index in [9.17, 15) is 24.3 Å². The van der Waals surface area contributed by atoms with Crippen molar-refractivity contribution in [3.63, 3.8) is 0 Å². The highest BCUT2D eigenvalue weighted by atomic mass is 16.6. The van der Waals surface area contributed by atoms with Gasteiger partial charge in [-0.2, -0.15) is 0 Å². The smallest absolute Gasteiger partial charge is 0.414 e. The zero-order valence-electron chi connectivity index (χ0n) is 31.0. The first-order valence-electron chi connectivity index (χ1n) is 18.0. The summed E-state index contributed by atoms with van der Waals surface area (Å²) in [5.74, 6) is 0.0606. The van der Waals surface area contributed by atoms with Gasteiger partial charge in [-0.15, -0.1) is 0 Å². The third-order valence-corrected chi connectivity index (χ3v) is 8.95. The van der Waals surface area contributed by atoms with Gasteiger partial charge in [0.1, 0.15) is 11.7 Å². The molecule has 3 aromatic carbocycles. The van der Waals surface area contributed by atoms with Crippen molar-refractivity contribution in [1.82, 2.24) is 9.80 Å². The van der Waals surface area contributed by atoms with Crippen molar-refractivity contribution >= 4 is 41.2 Å². The molecule has 52 heavy (non-hydrogen) atoms. The van der Waals surface area contributed by atoms with Gasteiger partial charge in [0.05, 0.1) is 5.69 Å². The van der Waals surface area contributed by atoms with Gasteiger partial charge in [0.2, 0.25) is 5.91 Å². The van der Waals surface area contributed by atoms with Crippen LogP contribution in [0.5, 0.6) is 0 Å². The van der Waals surface area contributed by atoms with E-state index in [1.165, 1.54) is 9.80 Å². The average molecular weight is 716 g/mol. The number of carbonyl (C=O) groups excluding carboxylic acids is 3. The molecule has 2 N–H and O–H groups in total. The summed E-state index contributed by atoms with van der Waals surface area (Å²) >= 11 is 0. The molecule has 1 aliphatic rings. The Hall–Kier alpha value is -5.10. The minimum Gasteiger partial charge on any atom is -0.465 e. The quantitative estimate of drug-likeness (QED) is 0.161. The maximum absolute atomic E-state index is 12.8. The zero-order valence-corrected chi connectivity index (χ0v) is 31.0. The van der Waals surface area contributed by atoms with Crippen molar-refractivity contribution in [2.45, 2.75) is 71.0 Å². The van der Waals surface area contributed by atoms with Crippen molar-refractivity contribution in [3.05, 3.63) is 78.9 Å². The summed E-state index contributed by atoms with van der Waals surface area (Å²) in [6.07, 6.45) is 1.66. The molecule has 0 aromatic heterocycles. The Morgan fingerprint density at radius 3 is 2.12 bits per heavy atom. The van der Waals surface area contributed by atoms with Crippen LogP contribution in [0, 0.1) is 0 Å². The molecule has 0 bridgehead atoms. The number of nitrogens with zero attached hydrogens (tertiary/aromatic N) is 4. The normalized spacial score (nSPS) is 13.6. The van der Waals surface area contributed by atoms with Crippen LogP contribution >= 0.6 is 0 Å². The fourth-order valence-corrected chi connectivity index (χ4v) is 5.96. The summed E-state index contributed by atoms with van der Waals surface area (Å²) in [6.45, 7) is 8.59. The first-order valence-corrected chi connectivity index (χ1v) is 18.0. The zero-order chi connectivity index (χ0) is 37.7. The molecule has 3 aromatic rings. The highest BCUT2D eigenvalue weighted by Crippen LogP contribution is 2.28. The number of hydrogen-bond donors (Lipinski definition) is 2. The van der Waals surface area contributed by atoms with E-state index in [0.29, 0.717) is 55.8 Å². The molecule has 1 saturated heterocycles. The summed E-state index contributed by atoms with van der Waals surface area (Å²) in [5.41, 5.74) is 3.13. The number of nitrogens with one attached hydrogen (secondary N) is 1. The van der Waals surface area contributed by atoms with E-state index in [1.807, 2.05) is 61.6 Å². The van der Waals surface area contributed by atoms with Crippen LogP contribution in [0.3, 0.4) is 0 Å². The number of ether oxygens (including phenoxy) is 2. The van der Waals surface area contributed by atoms with Gasteiger partial charge in [-0.05, 0) is 82.3 Å². The molecule has 1 fully saturated rings. The molecule has 280 valence electrons. The molecular weight excluding hydrogens is 662 g/mol. The van der Waals surface area contributed by atoms with Crippen LogP contribution in [-0.2, 0) is 14.3 Å². The molecule has 4 amide bonds. The van der Waals surface area contributed by atoms with Crippen LogP contribution in [0.1, 0.15) is 59.3 Å². The van der Waals surface area contributed by atoms with Gasteiger partial charge < -0.3 is 24.4 Å². The van der Waals surface area contributed by atoms with Crippen molar-refractivity contribution < 1.29 is 33.8 Å². The summed E-state index contributed by atoms with van der Waals surface area (Å²) in [5, 5.41) is 12.7. The Morgan fingerprint density at radius 2 is 1.46 bits per heavy atom. The molecular formula is C40H53N5O7. The van der Waals surface area contributed by atoms with Crippen LogP contribution in [0.25, 0.3) is 11.1 Å². The van der Waals surface area contributed by atoms with Crippen molar-refractivity contribution in [2.75, 3.05) is 61.9 Å². The molecule has 0 atom stereocenters. The lowest BCUT2D eigenvalue weighted by atomic mass is 10.0. The molecule has 4 rings (SSSR count). The van der Waals surface area contributed by atoms with Gasteiger partial charge in [0, 0.05) is 70.2 Å². The maximum Gasteiger partial charge on any atom is 0.414 e. The SMILES string of the molecule is CN(CCN1CCC(OC(=O)Nc2ccccc2-c2ccccc2)CC1)C(=O)CCCCCN(C(=O)O)c1ccc(N(C)C(=O)OC(C)(C)C)cc1. The summed E-state index contributed by atoms with van der Waals surface area (Å²) < 4.78 is 11.2. The van der Waals surface area contributed by atoms with E-state index >= 15 is 0 Å². The largest absolute Gasteiger partial charge is 0.465 e. The van der Waals surface area contributed by atoms with Gasteiger partial charge in [0.15, 0.2) is 0 Å². The van der Waals surface area contributed by atoms with Crippen molar-refractivity contribution in [2.24, 2.45) is 0 Å². The third-order valence-electron chi connectivity index (χ3n) is 8.95. The topological polar surface area (TPSA) is 132 Å². The van der Waals surface area contributed by atoms with Crippen molar-refractivity contribution in [1.29, 1.82) is 0 Å². The maximum atomic E-state index is 12.8. The highest BCUT2D eigenvalue weighted by molar-refractivity contribution is 5.92. The second kappa shape index (κ2) is 18.9. The van der Waals surface area contributed by atoms with Gasteiger partial charge >= 0.3 is 18.3 Å². The predicted octanol–water partition coefficient (Wildman–Crippen LogP) is 7.94. The molecule has 0 aliphatic carbocycles. The highest BCUT2D eigenvalue weighted by Gasteiger charge is 2.24. The number of piperidine rings is 1. The molecule has 0 saturated carbocycles. The number of benzene rings is 3. The fraction of sp³-hybridized carbons (Fsp3) is 0.450. The second-order valence-electron chi connectivity index (χ2n) is 14.1. The second-order valence-corrected chi connectivity index (χ2v) is 14.1. The number of hydrogen-bond acceptors (Lipinski definition) is 7. The Bertz CT molecular complexity index is 1620. The van der Waals surface area contributed by atoms with Gasteiger partial charge in [0.25, 0.3) is 0 Å². The summed E-state index contributed by atoms with van der Waals surface area (Å²) in [7, 11) is 3.42. The van der Waals surface area contributed by atoms with Gasteiger partial charge in [-0.1, -0.05) is 55.0 Å². The lowest BCUT2D eigenvalue weighted by Gasteiger charge is -2.32. The Morgan fingerprint density at radius 1 is 0.827 bits per heavy atom. The van der Waals surface area contributed by atoms with E-state index in [2.05, 4.69) is 10.2 Å². The molecule has 1 aliphatic heterocycles. The number of rotatable bonds is 14. The summed E-state index contributed by atoms with van der Waals surface area (Å²) in [6, 6.07) is 24.3. The lowest BCUT2D eigenvalue weighted by molar-refractivity contribution is -0.130. The van der Waals surface area contributed by atoms with E-state index < -0.39 is 23.9 Å². The Kier molecular flexibility index (Phi) is 14.5. The minimum absolute atomic E-state index is 0.0606. The van der Waals surface area contributed by atoms with E-state index in [1.54, 1.807) is 57.0 Å². The monoisotopic (exact) mass is 715 g/mol. The van der Waals surface area contributed by atoms with Gasteiger partial charge in [-0.3, -0.25) is 19.9 Å². The minimum atomic E-state index is -1.06. The first-order chi connectivity index (χ1) is 24.8. The molecule has 0 radical (unpaired) electrons. The fourth-order valence-electron chi connectivity index (χ4n) is 5.96. The number of para-hydroxylation sites is 1. The standard InChI is InChI=1S/C40H53N5O7/c1-40(2,3)52-39(50)43(5)31-19-21-32(22-20-31)45(38(48)49)25-13-7-10-18-36(46)42(4)28-29-44-26-23-33(24-27-44)51-37(47)41-35-17-12-11-16-34(35)30-14-8-6-9-15-30/h6,8-9,11-12,14-17,19-22,33H,7,10,13,18,23-29H2,1-5H3,(H,41,47)(H,48,49). The number of likely N-dealkylation sites (N-methyl/N-ethyl adjacent to an activating group) is 1. The van der Waals surface area contributed by atoms with E-state index in [-0.39, 0.29) is 12.0 Å². The Labute approximate surface area is 307 Å². The molecule has 12 heteroatoms. The molecule has 1 heterocycles. The number of carboxylic acid groups (broad SMARTS) is 1. The van der Waals surface area contributed by atoms with Crippen LogP contribution in [0.4, 0.5) is 31.4 Å². The lowest BCUT2D eigenvalue weighted by Crippen LogP contribution is -2.42. The van der Waals surface area contributed by atoms with E-state index in [0.717, 1.165) is 43.6 Å². The number of likely N-dealkylation sites (tertiary alicyclic amines) is 1. The van der Waals surface area contributed by atoms with Crippen LogP contribution in [0.2, 0.25) is 0 Å². The number of carbonyl (C=O) groups is 4. The third kappa shape index (κ3) is 12.3. The Balaban J connectivity index is 1.11. The van der Waals surface area contributed by atoms with Crippen LogP contribution in [-0.4, -0.2) is 97.6 Å². The predicted molar refractivity (Wildman–Crippen MR) is 204 cm³/mol. The number of unbranched alkanes of at least 4 members (excludes halogenated alkanes) is 2. The number of anilines is 3. The first kappa shape index (κ1) is 39.7. The molecule has 0 unspecified atom stereocenters. The van der Waals surface area contributed by atoms with Crippen molar-refractivity contribution in [3.8, 4) is 11.1 Å². The molecule has 12 nitrogen and oxygen atoms in total. The van der Waals surface area contributed by atoms with Gasteiger partial charge in [-0.25, -0.2) is 14.4 Å². The summed E-state index contributed by atoms with van der Waals surface area (Å²) in [4.78, 5) is 56.6. The number of amides is 4. The average Bonchev–Trinajstić information content (AvgIpc) is 3.12. The van der Waals surface area contributed by atoms with E-state index in [4.69, 9.17) is 9.47 Å².